The molecule has 16 heavy (non-hydrogen) atoms. The van der Waals surface area contributed by atoms with Gasteiger partial charge in [0.1, 0.15) is 5.82 Å². The number of aromatic amines is 1. The van der Waals surface area contributed by atoms with E-state index in [1.165, 1.54) is 10.5 Å². The minimum Gasteiger partial charge on any atom is -0.395 e. The van der Waals surface area contributed by atoms with Gasteiger partial charge in [-0.2, -0.15) is 4.31 Å². The quantitative estimate of drug-likeness (QED) is 0.747. The molecule has 92 valence electrons. The molecule has 0 fully saturated rings. The Kier molecular flexibility index (Phi) is 4.45. The fourth-order valence-electron chi connectivity index (χ4n) is 1.38. The molecule has 0 amide bonds. The molecule has 0 atom stereocenters. The summed E-state index contributed by atoms with van der Waals surface area (Å²) in [5.74, 6) is 0.555. The lowest BCUT2D eigenvalue weighted by molar-refractivity contribution is 0.253. The van der Waals surface area contributed by atoms with Crippen LogP contribution in [0.3, 0.4) is 0 Å². The fourth-order valence-corrected chi connectivity index (χ4v) is 2.87. The van der Waals surface area contributed by atoms with Gasteiger partial charge in [-0.15, -0.1) is 0 Å². The molecule has 0 aliphatic carbocycles. The third-order valence-electron chi connectivity index (χ3n) is 2.12. The van der Waals surface area contributed by atoms with Crippen LogP contribution >= 0.6 is 0 Å². The van der Waals surface area contributed by atoms with Gasteiger partial charge in [-0.3, -0.25) is 0 Å². The van der Waals surface area contributed by atoms with Crippen LogP contribution in [0.15, 0.2) is 11.2 Å². The highest BCUT2D eigenvalue weighted by Gasteiger charge is 2.24. The van der Waals surface area contributed by atoms with Crippen molar-refractivity contribution >= 4 is 10.0 Å². The summed E-state index contributed by atoms with van der Waals surface area (Å²) in [5, 5.41) is 8.92. The van der Waals surface area contributed by atoms with Gasteiger partial charge in [-0.25, -0.2) is 13.4 Å². The van der Waals surface area contributed by atoms with Crippen LogP contribution < -0.4 is 0 Å². The van der Waals surface area contributed by atoms with Crippen LogP contribution in [-0.4, -0.2) is 47.5 Å². The molecule has 0 spiro atoms. The van der Waals surface area contributed by atoms with Gasteiger partial charge in [0.15, 0.2) is 5.03 Å². The third kappa shape index (κ3) is 2.81. The number of imidazole rings is 1. The summed E-state index contributed by atoms with van der Waals surface area (Å²) in [6, 6.07) is 0. The highest BCUT2D eigenvalue weighted by atomic mass is 32.2. The maximum Gasteiger partial charge on any atom is 0.260 e. The van der Waals surface area contributed by atoms with Gasteiger partial charge in [-0.05, 0) is 13.3 Å². The number of hydrogen-bond donors (Lipinski definition) is 2. The number of aromatic nitrogens is 2. The van der Waals surface area contributed by atoms with Crippen LogP contribution in [0.2, 0.25) is 0 Å². The normalized spacial score (nSPS) is 12.2. The van der Waals surface area contributed by atoms with E-state index in [2.05, 4.69) is 9.97 Å². The zero-order chi connectivity index (χ0) is 12.2. The molecule has 7 heteroatoms. The standard InChI is InChI=1S/C9H17N3O3S/c1-3-4-12(5-6-13)16(14,15)9-7-10-8(2)11-9/h7,13H,3-6H2,1-2H3,(H,10,11). The van der Waals surface area contributed by atoms with Crippen LogP contribution in [0.4, 0.5) is 0 Å². The van der Waals surface area contributed by atoms with E-state index in [4.69, 9.17) is 5.11 Å². The maximum absolute atomic E-state index is 12.1. The average molecular weight is 247 g/mol. The predicted molar refractivity (Wildman–Crippen MR) is 59.5 cm³/mol. The van der Waals surface area contributed by atoms with E-state index in [-0.39, 0.29) is 18.2 Å². The van der Waals surface area contributed by atoms with Gasteiger partial charge in [0.25, 0.3) is 10.0 Å². The summed E-state index contributed by atoms with van der Waals surface area (Å²) < 4.78 is 25.4. The minimum atomic E-state index is -3.55. The van der Waals surface area contributed by atoms with Gasteiger partial charge < -0.3 is 10.1 Å². The van der Waals surface area contributed by atoms with Crippen LogP contribution in [0.1, 0.15) is 19.2 Å². The zero-order valence-corrected chi connectivity index (χ0v) is 10.3. The molecule has 6 nitrogen and oxygen atoms in total. The molecule has 1 heterocycles. The first-order valence-corrected chi connectivity index (χ1v) is 6.59. The van der Waals surface area contributed by atoms with Crippen LogP contribution in [0.5, 0.6) is 0 Å². The van der Waals surface area contributed by atoms with Gasteiger partial charge in [0.05, 0.1) is 12.8 Å². The summed E-state index contributed by atoms with van der Waals surface area (Å²) >= 11 is 0. The first-order chi connectivity index (χ1) is 7.52. The summed E-state index contributed by atoms with van der Waals surface area (Å²) in [7, 11) is -3.55. The van der Waals surface area contributed by atoms with E-state index in [0.29, 0.717) is 18.8 Å². The van der Waals surface area contributed by atoms with Gasteiger partial charge in [0.2, 0.25) is 0 Å². The Morgan fingerprint density at radius 2 is 2.19 bits per heavy atom. The van der Waals surface area contributed by atoms with Crippen molar-refractivity contribution < 1.29 is 13.5 Å². The lowest BCUT2D eigenvalue weighted by atomic mass is 10.5. The molecule has 2 N–H and O–H groups in total. The molecular formula is C9H17N3O3S. The lowest BCUT2D eigenvalue weighted by Crippen LogP contribution is -2.34. The number of aryl methyl sites for hydroxylation is 1. The smallest absolute Gasteiger partial charge is 0.260 e. The summed E-state index contributed by atoms with van der Waals surface area (Å²) in [6.45, 7) is 3.88. The van der Waals surface area contributed by atoms with Gasteiger partial charge in [0, 0.05) is 13.1 Å². The topological polar surface area (TPSA) is 86.3 Å². The molecule has 0 unspecified atom stereocenters. The van der Waals surface area contributed by atoms with Crippen molar-refractivity contribution in [3.63, 3.8) is 0 Å². The Morgan fingerprint density at radius 1 is 1.50 bits per heavy atom. The van der Waals surface area contributed by atoms with Crippen LogP contribution in [-0.2, 0) is 10.0 Å². The van der Waals surface area contributed by atoms with Crippen molar-refractivity contribution in [1.29, 1.82) is 0 Å². The predicted octanol–water partition coefficient (Wildman–Crippen LogP) is 0.111. The van der Waals surface area contributed by atoms with Gasteiger partial charge in [-0.1, -0.05) is 6.92 Å². The summed E-state index contributed by atoms with van der Waals surface area (Å²) in [6.07, 6.45) is 2.00. The van der Waals surface area contributed by atoms with Crippen molar-refractivity contribution in [3.8, 4) is 0 Å². The van der Waals surface area contributed by atoms with E-state index < -0.39 is 10.0 Å². The van der Waals surface area contributed by atoms with E-state index in [1.54, 1.807) is 6.92 Å². The Hall–Kier alpha value is -0.920. The number of nitrogens with zero attached hydrogens (tertiary/aromatic N) is 2. The van der Waals surface area contributed by atoms with Crippen LogP contribution in [0, 0.1) is 6.92 Å². The Balaban J connectivity index is 2.97. The second kappa shape index (κ2) is 5.42. The number of aliphatic hydroxyl groups is 1. The lowest BCUT2D eigenvalue weighted by Gasteiger charge is -2.19. The van der Waals surface area contributed by atoms with Gasteiger partial charge >= 0.3 is 0 Å². The molecular weight excluding hydrogens is 230 g/mol. The van der Waals surface area contributed by atoms with Crippen molar-refractivity contribution in [3.05, 3.63) is 12.0 Å². The number of rotatable bonds is 6. The van der Waals surface area contributed by atoms with Crippen LogP contribution in [0.25, 0.3) is 0 Å². The molecule has 0 aromatic carbocycles. The third-order valence-corrected chi connectivity index (χ3v) is 3.93. The highest BCUT2D eigenvalue weighted by molar-refractivity contribution is 7.89. The molecule has 0 bridgehead atoms. The molecule has 0 aliphatic rings. The number of hydrogen-bond acceptors (Lipinski definition) is 4. The molecule has 1 aromatic heterocycles. The van der Waals surface area contributed by atoms with E-state index in [9.17, 15) is 8.42 Å². The SMILES string of the molecule is CCCN(CCO)S(=O)(=O)c1cnc(C)[nH]1. The average Bonchev–Trinajstić information content (AvgIpc) is 2.65. The number of sulfonamides is 1. The maximum atomic E-state index is 12.1. The van der Waals surface area contributed by atoms with E-state index >= 15 is 0 Å². The van der Waals surface area contributed by atoms with Crippen molar-refractivity contribution in [2.75, 3.05) is 19.7 Å². The Labute approximate surface area is 95.4 Å². The zero-order valence-electron chi connectivity index (χ0n) is 9.47. The minimum absolute atomic E-state index is 0.0758. The largest absolute Gasteiger partial charge is 0.395 e. The second-order valence-electron chi connectivity index (χ2n) is 3.46. The fraction of sp³-hybridized carbons (Fsp3) is 0.667. The molecule has 0 saturated carbocycles. The van der Waals surface area contributed by atoms with Crippen molar-refractivity contribution in [2.45, 2.75) is 25.3 Å². The van der Waals surface area contributed by atoms with Crippen molar-refractivity contribution in [1.82, 2.24) is 14.3 Å². The summed E-state index contributed by atoms with van der Waals surface area (Å²) in [4.78, 5) is 6.55. The Morgan fingerprint density at radius 3 is 2.62 bits per heavy atom. The second-order valence-corrected chi connectivity index (χ2v) is 5.37. The van der Waals surface area contributed by atoms with Crippen molar-refractivity contribution in [2.24, 2.45) is 0 Å². The van der Waals surface area contributed by atoms with E-state index in [1.807, 2.05) is 6.92 Å². The Bertz CT molecular complexity index is 421. The van der Waals surface area contributed by atoms with E-state index in [0.717, 1.165) is 0 Å². The first-order valence-electron chi connectivity index (χ1n) is 5.15. The molecule has 0 radical (unpaired) electrons. The molecule has 1 rings (SSSR count). The summed E-state index contributed by atoms with van der Waals surface area (Å²) in [5.41, 5.74) is 0. The number of aliphatic hydroxyl groups excluding tert-OH is 1. The number of nitrogens with one attached hydrogen (secondary N) is 1. The number of H-pyrrole nitrogens is 1. The monoisotopic (exact) mass is 247 g/mol. The molecule has 0 saturated heterocycles. The molecule has 1 aromatic rings. The first kappa shape index (κ1) is 13.1. The molecule has 0 aliphatic heterocycles. The highest BCUT2D eigenvalue weighted by Crippen LogP contribution is 2.13.